The molecule has 140 valence electrons. The lowest BCUT2D eigenvalue weighted by Crippen LogP contribution is -2.14. The highest BCUT2D eigenvalue weighted by Crippen LogP contribution is 2.23. The average molecular weight is 366 g/mol. The third kappa shape index (κ3) is 3.81. The minimum Gasteiger partial charge on any atom is -0.481 e. The topological polar surface area (TPSA) is 97.1 Å². The van der Waals surface area contributed by atoms with Gasteiger partial charge in [-0.25, -0.2) is 4.98 Å². The molecule has 0 radical (unpaired) electrons. The molecule has 3 rings (SSSR count). The van der Waals surface area contributed by atoms with Crippen LogP contribution in [0.5, 0.6) is 0 Å². The number of amides is 1. The Bertz CT molecular complexity index is 1020. The molecule has 0 fully saturated rings. The molecule has 0 saturated carbocycles. The van der Waals surface area contributed by atoms with Crippen LogP contribution in [-0.4, -0.2) is 31.7 Å². The van der Waals surface area contributed by atoms with E-state index in [1.54, 1.807) is 36.9 Å². The zero-order chi connectivity index (χ0) is 19.7. The van der Waals surface area contributed by atoms with Gasteiger partial charge in [0.25, 0.3) is 5.91 Å². The third-order valence-corrected chi connectivity index (χ3v) is 4.52. The van der Waals surface area contributed by atoms with E-state index in [9.17, 15) is 9.59 Å². The number of fused-ring (bicyclic) bond motifs is 1. The van der Waals surface area contributed by atoms with E-state index in [2.05, 4.69) is 15.4 Å². The number of nitrogens with zero attached hydrogens (tertiary/aromatic N) is 3. The monoisotopic (exact) mass is 366 g/mol. The number of benzene rings is 1. The molecule has 2 aromatic heterocycles. The first-order chi connectivity index (χ1) is 12.8. The molecule has 2 N–H and O–H groups in total. The molecule has 27 heavy (non-hydrogen) atoms. The number of carboxylic acid groups (broad SMARTS) is 1. The Kier molecular flexibility index (Phi) is 4.94. The molecule has 7 heteroatoms. The summed E-state index contributed by atoms with van der Waals surface area (Å²) in [5, 5.41) is 17.0. The molecule has 7 nitrogen and oxygen atoms in total. The van der Waals surface area contributed by atoms with Gasteiger partial charge in [0.15, 0.2) is 5.65 Å². The van der Waals surface area contributed by atoms with Crippen LogP contribution in [0.3, 0.4) is 0 Å². The van der Waals surface area contributed by atoms with Crippen molar-refractivity contribution < 1.29 is 14.7 Å². The summed E-state index contributed by atoms with van der Waals surface area (Å²) in [6.07, 6.45) is 0.447. The summed E-state index contributed by atoms with van der Waals surface area (Å²) in [6, 6.07) is 8.98. The van der Waals surface area contributed by atoms with Gasteiger partial charge in [-0.3, -0.25) is 14.3 Å². The fourth-order valence-electron chi connectivity index (χ4n) is 3.11. The van der Waals surface area contributed by atoms with Gasteiger partial charge in [0.1, 0.15) is 0 Å². The predicted molar refractivity (Wildman–Crippen MR) is 103 cm³/mol. The smallest absolute Gasteiger partial charge is 0.306 e. The SMILES string of the molecule is Cc1cc(C(=O)Nc2ccc(CC(C)C(=O)O)cc2)c2c(C)nn(C)c2n1. The van der Waals surface area contributed by atoms with Gasteiger partial charge in [-0.15, -0.1) is 0 Å². The van der Waals surface area contributed by atoms with Crippen LogP contribution in [0, 0.1) is 19.8 Å². The lowest BCUT2D eigenvalue weighted by molar-refractivity contribution is -0.141. The van der Waals surface area contributed by atoms with Crippen molar-refractivity contribution >= 4 is 28.6 Å². The second kappa shape index (κ2) is 7.19. The van der Waals surface area contributed by atoms with Crippen LogP contribution >= 0.6 is 0 Å². The molecule has 2 heterocycles. The van der Waals surface area contributed by atoms with Crippen molar-refractivity contribution in [3.63, 3.8) is 0 Å². The maximum atomic E-state index is 12.8. The number of hydrogen-bond acceptors (Lipinski definition) is 4. The highest BCUT2D eigenvalue weighted by Gasteiger charge is 2.18. The van der Waals surface area contributed by atoms with Crippen molar-refractivity contribution in [2.45, 2.75) is 27.2 Å². The van der Waals surface area contributed by atoms with Crippen molar-refractivity contribution in [2.75, 3.05) is 5.32 Å². The zero-order valence-corrected chi connectivity index (χ0v) is 15.8. The summed E-state index contributed by atoms with van der Waals surface area (Å²) >= 11 is 0. The number of pyridine rings is 1. The number of carbonyl (C=O) groups excluding carboxylic acids is 1. The van der Waals surface area contributed by atoms with Crippen molar-refractivity contribution in [2.24, 2.45) is 13.0 Å². The largest absolute Gasteiger partial charge is 0.481 e. The molecule has 1 atom stereocenters. The Balaban J connectivity index is 1.84. The summed E-state index contributed by atoms with van der Waals surface area (Å²) < 4.78 is 1.67. The molecular weight excluding hydrogens is 344 g/mol. The number of anilines is 1. The van der Waals surface area contributed by atoms with Crippen LogP contribution in [0.2, 0.25) is 0 Å². The lowest BCUT2D eigenvalue weighted by Gasteiger charge is -2.10. The summed E-state index contributed by atoms with van der Waals surface area (Å²) in [6.45, 7) is 5.37. The van der Waals surface area contributed by atoms with Gasteiger partial charge in [-0.2, -0.15) is 5.10 Å². The fourth-order valence-corrected chi connectivity index (χ4v) is 3.11. The first kappa shape index (κ1) is 18.6. The molecule has 1 unspecified atom stereocenters. The van der Waals surface area contributed by atoms with Crippen molar-refractivity contribution in [1.82, 2.24) is 14.8 Å². The molecule has 0 spiro atoms. The van der Waals surface area contributed by atoms with Crippen LogP contribution in [-0.2, 0) is 18.3 Å². The highest BCUT2D eigenvalue weighted by atomic mass is 16.4. The van der Waals surface area contributed by atoms with Crippen LogP contribution in [0.4, 0.5) is 5.69 Å². The molecular formula is C20H22N4O3. The Hall–Kier alpha value is -3.22. The Labute approximate surface area is 157 Å². The van der Waals surface area contributed by atoms with Crippen molar-refractivity contribution in [3.05, 3.63) is 52.8 Å². The van der Waals surface area contributed by atoms with Gasteiger partial charge in [0.05, 0.1) is 22.6 Å². The summed E-state index contributed by atoms with van der Waals surface area (Å²) in [5.74, 6) is -1.50. The number of carboxylic acids is 1. The first-order valence-corrected chi connectivity index (χ1v) is 8.70. The van der Waals surface area contributed by atoms with E-state index in [0.29, 0.717) is 23.3 Å². The summed E-state index contributed by atoms with van der Waals surface area (Å²) in [5.41, 5.74) is 4.27. The standard InChI is InChI=1S/C20H22N4O3/c1-11(20(26)27)9-14-5-7-15(8-6-14)22-19(25)16-10-12(2)21-18-17(16)13(3)23-24(18)4/h5-8,10-11H,9H2,1-4H3,(H,22,25)(H,26,27). The number of aromatic nitrogens is 3. The van der Waals surface area contributed by atoms with Crippen LogP contribution in [0.1, 0.15) is 34.2 Å². The van der Waals surface area contributed by atoms with Gasteiger partial charge >= 0.3 is 5.97 Å². The van der Waals surface area contributed by atoms with Crippen molar-refractivity contribution in [1.29, 1.82) is 0 Å². The van der Waals surface area contributed by atoms with Gasteiger partial charge in [-0.1, -0.05) is 19.1 Å². The fraction of sp³-hybridized carbons (Fsp3) is 0.300. The molecule has 0 aliphatic carbocycles. The van der Waals surface area contributed by atoms with Gasteiger partial charge in [-0.05, 0) is 44.0 Å². The van der Waals surface area contributed by atoms with E-state index in [1.807, 2.05) is 26.0 Å². The summed E-state index contributed by atoms with van der Waals surface area (Å²) in [4.78, 5) is 28.3. The third-order valence-electron chi connectivity index (χ3n) is 4.52. The minimum absolute atomic E-state index is 0.228. The predicted octanol–water partition coefficient (Wildman–Crippen LogP) is 3.10. The molecule has 0 bridgehead atoms. The molecule has 0 saturated heterocycles. The first-order valence-electron chi connectivity index (χ1n) is 8.70. The lowest BCUT2D eigenvalue weighted by atomic mass is 10.0. The molecule has 1 amide bonds. The Morgan fingerprint density at radius 3 is 2.52 bits per heavy atom. The quantitative estimate of drug-likeness (QED) is 0.723. The van der Waals surface area contributed by atoms with E-state index in [0.717, 1.165) is 22.3 Å². The number of rotatable bonds is 5. The average Bonchev–Trinajstić information content (AvgIpc) is 2.89. The second-order valence-corrected chi connectivity index (χ2v) is 6.81. The van der Waals surface area contributed by atoms with Crippen LogP contribution in [0.25, 0.3) is 11.0 Å². The normalized spacial score (nSPS) is 12.1. The highest BCUT2D eigenvalue weighted by molar-refractivity contribution is 6.12. The van der Waals surface area contributed by atoms with Crippen LogP contribution < -0.4 is 5.32 Å². The van der Waals surface area contributed by atoms with Crippen LogP contribution in [0.15, 0.2) is 30.3 Å². The number of aryl methyl sites for hydroxylation is 3. The van der Waals surface area contributed by atoms with Gasteiger partial charge in [0.2, 0.25) is 0 Å². The van der Waals surface area contributed by atoms with E-state index >= 15 is 0 Å². The molecule has 0 aliphatic rings. The number of hydrogen-bond donors (Lipinski definition) is 2. The van der Waals surface area contributed by atoms with E-state index in [-0.39, 0.29) is 5.91 Å². The maximum absolute atomic E-state index is 12.8. The second-order valence-electron chi connectivity index (χ2n) is 6.81. The van der Waals surface area contributed by atoms with E-state index in [1.165, 1.54) is 0 Å². The number of aliphatic carboxylic acids is 1. The molecule has 0 aliphatic heterocycles. The maximum Gasteiger partial charge on any atom is 0.306 e. The Morgan fingerprint density at radius 2 is 1.89 bits per heavy atom. The minimum atomic E-state index is -0.823. The van der Waals surface area contributed by atoms with Gasteiger partial charge < -0.3 is 10.4 Å². The zero-order valence-electron chi connectivity index (χ0n) is 15.8. The summed E-state index contributed by atoms with van der Waals surface area (Å²) in [7, 11) is 1.81. The number of carbonyl (C=O) groups is 2. The Morgan fingerprint density at radius 1 is 1.22 bits per heavy atom. The molecule has 3 aromatic rings. The van der Waals surface area contributed by atoms with E-state index in [4.69, 9.17) is 5.11 Å². The van der Waals surface area contributed by atoms with Crippen molar-refractivity contribution in [3.8, 4) is 0 Å². The molecule has 1 aromatic carbocycles. The van der Waals surface area contributed by atoms with E-state index < -0.39 is 11.9 Å². The van der Waals surface area contributed by atoms with Gasteiger partial charge in [0, 0.05) is 18.4 Å². The number of nitrogens with one attached hydrogen (secondary N) is 1.